The second-order valence-electron chi connectivity index (χ2n) is 4.32. The predicted molar refractivity (Wildman–Crippen MR) is 76.6 cm³/mol. The normalized spacial score (nSPS) is 10.2. The van der Waals surface area contributed by atoms with Gasteiger partial charge in [-0.1, -0.05) is 17.7 Å². The minimum Gasteiger partial charge on any atom is -0.497 e. The molecule has 2 aromatic carbocycles. The average molecular weight is 242 g/mol. The molecule has 94 valence electrons. The molecule has 2 aromatic rings. The number of ether oxygens (including phenoxy) is 1. The van der Waals surface area contributed by atoms with Gasteiger partial charge in [0.05, 0.1) is 18.5 Å². The van der Waals surface area contributed by atoms with Gasteiger partial charge in [-0.2, -0.15) is 0 Å². The monoisotopic (exact) mass is 242 g/mol. The standard InChI is InChI=1S/C15H18N2O/c1-11-4-6-12(7-5-11)17(2)15-10-13(18-3)8-9-14(15)16/h4-10H,16H2,1-3H3. The van der Waals surface area contributed by atoms with Crippen molar-refractivity contribution in [2.45, 2.75) is 6.92 Å². The number of rotatable bonds is 3. The van der Waals surface area contributed by atoms with Crippen molar-refractivity contribution < 1.29 is 4.74 Å². The van der Waals surface area contributed by atoms with Gasteiger partial charge in [-0.05, 0) is 31.2 Å². The van der Waals surface area contributed by atoms with Crippen LogP contribution < -0.4 is 15.4 Å². The van der Waals surface area contributed by atoms with Crippen molar-refractivity contribution in [3.05, 3.63) is 48.0 Å². The maximum atomic E-state index is 6.02. The number of hydrogen-bond donors (Lipinski definition) is 1. The van der Waals surface area contributed by atoms with E-state index in [1.165, 1.54) is 5.56 Å². The smallest absolute Gasteiger partial charge is 0.121 e. The number of anilines is 3. The quantitative estimate of drug-likeness (QED) is 0.839. The molecule has 2 N–H and O–H groups in total. The van der Waals surface area contributed by atoms with E-state index >= 15 is 0 Å². The van der Waals surface area contributed by atoms with Crippen LogP contribution in [0, 0.1) is 6.92 Å². The summed E-state index contributed by atoms with van der Waals surface area (Å²) in [5, 5.41) is 0. The molecule has 0 amide bonds. The maximum Gasteiger partial charge on any atom is 0.121 e. The summed E-state index contributed by atoms with van der Waals surface area (Å²) in [6, 6.07) is 14.0. The van der Waals surface area contributed by atoms with Crippen molar-refractivity contribution in [2.75, 3.05) is 24.8 Å². The first-order valence-corrected chi connectivity index (χ1v) is 5.85. The minimum absolute atomic E-state index is 0.735. The number of hydrogen-bond acceptors (Lipinski definition) is 3. The summed E-state index contributed by atoms with van der Waals surface area (Å²) < 4.78 is 5.23. The van der Waals surface area contributed by atoms with Crippen molar-refractivity contribution in [2.24, 2.45) is 0 Å². The van der Waals surface area contributed by atoms with Crippen molar-refractivity contribution in [3.63, 3.8) is 0 Å². The summed E-state index contributed by atoms with van der Waals surface area (Å²) in [4.78, 5) is 2.05. The summed E-state index contributed by atoms with van der Waals surface area (Å²) in [7, 11) is 3.65. The van der Waals surface area contributed by atoms with Gasteiger partial charge in [0.1, 0.15) is 5.75 Å². The molecule has 0 radical (unpaired) electrons. The Morgan fingerprint density at radius 2 is 1.72 bits per heavy atom. The topological polar surface area (TPSA) is 38.5 Å². The molecule has 0 aliphatic heterocycles. The van der Waals surface area contributed by atoms with Crippen LogP contribution in [0.5, 0.6) is 5.75 Å². The molecule has 18 heavy (non-hydrogen) atoms. The van der Waals surface area contributed by atoms with E-state index in [2.05, 4.69) is 36.1 Å². The van der Waals surface area contributed by atoms with E-state index in [0.717, 1.165) is 22.8 Å². The van der Waals surface area contributed by atoms with Gasteiger partial charge in [-0.15, -0.1) is 0 Å². The Morgan fingerprint density at radius 3 is 2.33 bits per heavy atom. The van der Waals surface area contributed by atoms with Gasteiger partial charge in [-0.3, -0.25) is 0 Å². The zero-order valence-corrected chi connectivity index (χ0v) is 11.0. The van der Waals surface area contributed by atoms with Gasteiger partial charge >= 0.3 is 0 Å². The molecule has 0 saturated carbocycles. The van der Waals surface area contributed by atoms with Crippen LogP contribution in [0.2, 0.25) is 0 Å². The molecule has 0 saturated heterocycles. The summed E-state index contributed by atoms with van der Waals surface area (Å²) in [5.41, 5.74) is 10.0. The summed E-state index contributed by atoms with van der Waals surface area (Å²) in [6.45, 7) is 2.07. The number of benzene rings is 2. The lowest BCUT2D eigenvalue weighted by Crippen LogP contribution is -2.11. The van der Waals surface area contributed by atoms with E-state index < -0.39 is 0 Å². The van der Waals surface area contributed by atoms with Crippen LogP contribution in [0.15, 0.2) is 42.5 Å². The number of nitrogen functional groups attached to an aromatic ring is 1. The van der Waals surface area contributed by atoms with Gasteiger partial charge in [0.25, 0.3) is 0 Å². The van der Waals surface area contributed by atoms with E-state index in [0.29, 0.717) is 0 Å². The Balaban J connectivity index is 2.38. The molecule has 0 aromatic heterocycles. The first-order valence-electron chi connectivity index (χ1n) is 5.85. The third kappa shape index (κ3) is 2.40. The second kappa shape index (κ2) is 5.00. The molecule has 0 unspecified atom stereocenters. The maximum absolute atomic E-state index is 6.02. The minimum atomic E-state index is 0.735. The third-order valence-electron chi connectivity index (χ3n) is 3.02. The largest absolute Gasteiger partial charge is 0.497 e. The van der Waals surface area contributed by atoms with Crippen LogP contribution >= 0.6 is 0 Å². The van der Waals surface area contributed by atoms with Gasteiger partial charge < -0.3 is 15.4 Å². The SMILES string of the molecule is COc1ccc(N)c(N(C)c2ccc(C)cc2)c1. The fourth-order valence-electron chi connectivity index (χ4n) is 1.85. The molecular weight excluding hydrogens is 224 g/mol. The van der Waals surface area contributed by atoms with Crippen LogP contribution in [0.3, 0.4) is 0 Å². The number of nitrogens with zero attached hydrogens (tertiary/aromatic N) is 1. The van der Waals surface area contributed by atoms with E-state index in [9.17, 15) is 0 Å². The van der Waals surface area contributed by atoms with Crippen LogP contribution in [0.1, 0.15) is 5.56 Å². The second-order valence-corrected chi connectivity index (χ2v) is 4.32. The molecule has 3 nitrogen and oxygen atoms in total. The lowest BCUT2D eigenvalue weighted by Gasteiger charge is -2.22. The summed E-state index contributed by atoms with van der Waals surface area (Å²) >= 11 is 0. The number of methoxy groups -OCH3 is 1. The first kappa shape index (κ1) is 12.3. The molecule has 0 spiro atoms. The zero-order chi connectivity index (χ0) is 13.1. The van der Waals surface area contributed by atoms with Crippen LogP contribution in [0.25, 0.3) is 0 Å². The summed E-state index contributed by atoms with van der Waals surface area (Å²) in [6.07, 6.45) is 0. The zero-order valence-electron chi connectivity index (χ0n) is 11.0. The Bertz CT molecular complexity index is 535. The number of aryl methyl sites for hydroxylation is 1. The van der Waals surface area contributed by atoms with Crippen molar-refractivity contribution >= 4 is 17.1 Å². The molecule has 0 fully saturated rings. The van der Waals surface area contributed by atoms with E-state index in [1.807, 2.05) is 25.2 Å². The number of nitrogens with two attached hydrogens (primary N) is 1. The Labute approximate surface area is 108 Å². The Morgan fingerprint density at radius 1 is 1.06 bits per heavy atom. The highest BCUT2D eigenvalue weighted by Crippen LogP contribution is 2.32. The Kier molecular flexibility index (Phi) is 3.42. The van der Waals surface area contributed by atoms with Gasteiger partial charge in [0.2, 0.25) is 0 Å². The molecule has 0 aliphatic rings. The Hall–Kier alpha value is -2.16. The van der Waals surface area contributed by atoms with Crippen LogP contribution in [-0.4, -0.2) is 14.2 Å². The molecule has 0 atom stereocenters. The highest BCUT2D eigenvalue weighted by molar-refractivity contribution is 5.75. The molecular formula is C15H18N2O. The molecule has 0 heterocycles. The molecule has 3 heteroatoms. The van der Waals surface area contributed by atoms with E-state index in [-0.39, 0.29) is 0 Å². The molecule has 0 aliphatic carbocycles. The van der Waals surface area contributed by atoms with E-state index in [1.54, 1.807) is 7.11 Å². The lowest BCUT2D eigenvalue weighted by atomic mass is 10.2. The highest BCUT2D eigenvalue weighted by atomic mass is 16.5. The van der Waals surface area contributed by atoms with Gasteiger partial charge in [0, 0.05) is 18.8 Å². The molecule has 0 bridgehead atoms. The van der Waals surface area contributed by atoms with Crippen LogP contribution in [0.4, 0.5) is 17.1 Å². The van der Waals surface area contributed by atoms with Crippen molar-refractivity contribution in [3.8, 4) is 5.75 Å². The van der Waals surface area contributed by atoms with E-state index in [4.69, 9.17) is 10.5 Å². The highest BCUT2D eigenvalue weighted by Gasteiger charge is 2.08. The van der Waals surface area contributed by atoms with Crippen molar-refractivity contribution in [1.82, 2.24) is 0 Å². The van der Waals surface area contributed by atoms with Crippen molar-refractivity contribution in [1.29, 1.82) is 0 Å². The van der Waals surface area contributed by atoms with Gasteiger partial charge in [0.15, 0.2) is 0 Å². The molecule has 2 rings (SSSR count). The van der Waals surface area contributed by atoms with Gasteiger partial charge in [-0.25, -0.2) is 0 Å². The lowest BCUT2D eigenvalue weighted by molar-refractivity contribution is 0.415. The average Bonchev–Trinajstić information content (AvgIpc) is 2.39. The fourth-order valence-corrected chi connectivity index (χ4v) is 1.85. The van der Waals surface area contributed by atoms with Crippen LogP contribution in [-0.2, 0) is 0 Å². The summed E-state index contributed by atoms with van der Waals surface area (Å²) in [5.74, 6) is 0.804. The first-order chi connectivity index (χ1) is 8.61. The predicted octanol–water partition coefficient (Wildman–Crippen LogP) is 3.35. The third-order valence-corrected chi connectivity index (χ3v) is 3.02. The fraction of sp³-hybridized carbons (Fsp3) is 0.200.